The van der Waals surface area contributed by atoms with Crippen LogP contribution >= 0.6 is 7.60 Å². The van der Waals surface area contributed by atoms with Crippen molar-refractivity contribution in [3.05, 3.63) is 11.0 Å². The molecule has 20 heavy (non-hydrogen) atoms. The molecule has 1 aliphatic rings. The average Bonchev–Trinajstić information content (AvgIpc) is 2.19. The van der Waals surface area contributed by atoms with E-state index in [0.717, 1.165) is 4.94 Å². The Morgan fingerprint density at radius 1 is 1.35 bits per heavy atom. The highest BCUT2D eigenvalue weighted by Gasteiger charge is 2.51. The fourth-order valence-corrected chi connectivity index (χ4v) is 9.46. The van der Waals surface area contributed by atoms with Gasteiger partial charge in [0.2, 0.25) is 0 Å². The summed E-state index contributed by atoms with van der Waals surface area (Å²) in [5.74, 6) is 0. The second kappa shape index (κ2) is 5.39. The van der Waals surface area contributed by atoms with Gasteiger partial charge >= 0.3 is 7.60 Å². The Morgan fingerprint density at radius 2 is 1.85 bits per heavy atom. The summed E-state index contributed by atoms with van der Waals surface area (Å²) in [5.41, 5.74) is -0.226. The summed E-state index contributed by atoms with van der Waals surface area (Å²) < 4.78 is 25.0. The summed E-state index contributed by atoms with van der Waals surface area (Å²) >= 11 is 0. The van der Waals surface area contributed by atoms with E-state index in [0.29, 0.717) is 6.61 Å². The minimum absolute atomic E-state index is 0.0856. The van der Waals surface area contributed by atoms with Crippen LogP contribution in [0.4, 0.5) is 0 Å². The normalized spacial score (nSPS) is 31.1. The van der Waals surface area contributed by atoms with Crippen molar-refractivity contribution in [3.8, 4) is 0 Å². The monoisotopic (exact) mass is 318 g/mol. The highest BCUT2D eigenvalue weighted by atomic mass is 31.2. The third-order valence-corrected chi connectivity index (χ3v) is 9.90. The van der Waals surface area contributed by atoms with Crippen LogP contribution in [0.1, 0.15) is 41.5 Å². The summed E-state index contributed by atoms with van der Waals surface area (Å²) in [6.45, 7) is 19.6. The lowest BCUT2D eigenvalue weighted by Crippen LogP contribution is -2.45. The van der Waals surface area contributed by atoms with E-state index in [2.05, 4.69) is 60.3 Å². The third kappa shape index (κ3) is 3.65. The molecule has 2 atom stereocenters. The molecule has 0 aromatic carbocycles. The van der Waals surface area contributed by atoms with Crippen molar-refractivity contribution in [1.29, 1.82) is 0 Å². The molecular weight excluding hydrogens is 287 g/mol. The Hall–Kier alpha value is 0.107. The number of hydrogen-bond donors (Lipinski definition) is 0. The maximum Gasteiger partial charge on any atom is 0.353 e. The molecule has 0 radical (unpaired) electrons. The zero-order chi connectivity index (χ0) is 16.0. The van der Waals surface area contributed by atoms with Crippen molar-refractivity contribution in [2.75, 3.05) is 6.61 Å². The van der Waals surface area contributed by atoms with Crippen LogP contribution < -0.4 is 0 Å². The van der Waals surface area contributed by atoms with E-state index in [-0.39, 0.29) is 16.9 Å². The van der Waals surface area contributed by atoms with Crippen molar-refractivity contribution in [2.45, 2.75) is 67.3 Å². The van der Waals surface area contributed by atoms with E-state index in [9.17, 15) is 4.57 Å². The maximum atomic E-state index is 13.3. The Balaban J connectivity index is 3.43. The molecule has 0 amide bonds. The van der Waals surface area contributed by atoms with Gasteiger partial charge in [-0.05, 0) is 12.3 Å². The lowest BCUT2D eigenvalue weighted by molar-refractivity contribution is -0.00377. The van der Waals surface area contributed by atoms with Gasteiger partial charge in [-0.25, -0.2) is 0 Å². The predicted octanol–water partition coefficient (Wildman–Crippen LogP) is 5.45. The highest BCUT2D eigenvalue weighted by Crippen LogP contribution is 2.66. The van der Waals surface area contributed by atoms with Gasteiger partial charge in [0.15, 0.2) is 0 Å². The minimum Gasteiger partial charge on any atom is -0.306 e. The smallest absolute Gasteiger partial charge is 0.306 e. The molecule has 0 aromatic rings. The van der Waals surface area contributed by atoms with Gasteiger partial charge < -0.3 is 9.05 Å². The second-order valence-electron chi connectivity index (χ2n) is 8.37. The molecule has 0 spiro atoms. The van der Waals surface area contributed by atoms with Gasteiger partial charge in [0, 0.05) is 10.4 Å². The van der Waals surface area contributed by atoms with Crippen molar-refractivity contribution >= 4 is 15.7 Å². The van der Waals surface area contributed by atoms with Gasteiger partial charge in [0.1, 0.15) is 0 Å². The summed E-state index contributed by atoms with van der Waals surface area (Å²) in [6, 6.07) is 0. The molecular formula is C15H31O3PSi. The van der Waals surface area contributed by atoms with E-state index in [4.69, 9.17) is 9.05 Å². The van der Waals surface area contributed by atoms with Crippen LogP contribution in [0.25, 0.3) is 0 Å². The SMILES string of the molecule is CCOP1(=O)O[C@H](C(C)(C)C)C(C)(C)C=C1[Si](C)(C)C. The van der Waals surface area contributed by atoms with Crippen LogP contribution in [0.2, 0.25) is 19.6 Å². The van der Waals surface area contributed by atoms with Gasteiger partial charge in [-0.1, -0.05) is 60.3 Å². The largest absolute Gasteiger partial charge is 0.353 e. The third-order valence-electron chi connectivity index (χ3n) is 3.58. The Bertz CT molecular complexity index is 441. The van der Waals surface area contributed by atoms with Crippen molar-refractivity contribution in [2.24, 2.45) is 10.8 Å². The first-order valence-electron chi connectivity index (χ1n) is 7.41. The van der Waals surface area contributed by atoms with Gasteiger partial charge in [-0.15, -0.1) is 0 Å². The topological polar surface area (TPSA) is 35.5 Å². The number of hydrogen-bond acceptors (Lipinski definition) is 3. The van der Waals surface area contributed by atoms with Crippen molar-refractivity contribution in [3.63, 3.8) is 0 Å². The zero-order valence-corrected chi connectivity index (χ0v) is 16.4. The molecule has 0 N–H and O–H groups in total. The Labute approximate surface area is 125 Å². The second-order valence-corrected chi connectivity index (χ2v) is 15.8. The Kier molecular flexibility index (Phi) is 4.89. The van der Waals surface area contributed by atoms with Crippen molar-refractivity contribution < 1.29 is 13.6 Å². The lowest BCUT2D eigenvalue weighted by atomic mass is 9.73. The molecule has 0 saturated carbocycles. The lowest BCUT2D eigenvalue weighted by Gasteiger charge is -2.47. The maximum absolute atomic E-state index is 13.3. The molecule has 1 rings (SSSR count). The molecule has 0 saturated heterocycles. The predicted molar refractivity (Wildman–Crippen MR) is 88.8 cm³/mol. The average molecular weight is 318 g/mol. The summed E-state index contributed by atoms with van der Waals surface area (Å²) in [7, 11) is -4.91. The minimum atomic E-state index is -3.15. The van der Waals surface area contributed by atoms with Crippen LogP contribution in [-0.4, -0.2) is 20.8 Å². The molecule has 5 heteroatoms. The molecule has 1 unspecified atom stereocenters. The molecule has 0 aliphatic carbocycles. The van der Waals surface area contributed by atoms with Crippen LogP contribution in [0, 0.1) is 10.8 Å². The van der Waals surface area contributed by atoms with Gasteiger partial charge in [0.05, 0.1) is 20.8 Å². The van der Waals surface area contributed by atoms with E-state index in [1.807, 2.05) is 6.92 Å². The van der Waals surface area contributed by atoms with Crippen LogP contribution in [-0.2, 0) is 13.6 Å². The fourth-order valence-electron chi connectivity index (χ4n) is 3.01. The molecule has 118 valence electrons. The summed E-state index contributed by atoms with van der Waals surface area (Å²) in [6.07, 6.45) is 2.07. The molecule has 3 nitrogen and oxygen atoms in total. The zero-order valence-electron chi connectivity index (χ0n) is 14.5. The van der Waals surface area contributed by atoms with E-state index in [1.165, 1.54) is 0 Å². The van der Waals surface area contributed by atoms with Crippen LogP contribution in [0.15, 0.2) is 11.0 Å². The van der Waals surface area contributed by atoms with E-state index >= 15 is 0 Å². The highest BCUT2D eigenvalue weighted by molar-refractivity contribution is 7.63. The molecule has 0 aromatic heterocycles. The summed E-state index contributed by atoms with van der Waals surface area (Å²) in [4.78, 5) is 0.942. The molecule has 1 heterocycles. The quantitative estimate of drug-likeness (QED) is 0.513. The molecule has 0 bridgehead atoms. The van der Waals surface area contributed by atoms with Crippen LogP contribution in [0.3, 0.4) is 0 Å². The number of rotatable bonds is 3. The standard InChI is InChI=1S/C15H31O3PSi/c1-10-17-19(16)12(20(7,8)9)11-15(5,6)13(18-19)14(2,3)4/h11,13H,10H2,1-9H3/t13-,19?/m1/s1. The van der Waals surface area contributed by atoms with Gasteiger partial charge in [-0.2, -0.15) is 0 Å². The van der Waals surface area contributed by atoms with Gasteiger partial charge in [-0.3, -0.25) is 4.57 Å². The van der Waals surface area contributed by atoms with Gasteiger partial charge in [0.25, 0.3) is 0 Å². The summed E-state index contributed by atoms with van der Waals surface area (Å²) in [5, 5.41) is 0. The van der Waals surface area contributed by atoms with Crippen LogP contribution in [0.5, 0.6) is 0 Å². The molecule has 1 aliphatic heterocycles. The Morgan fingerprint density at radius 3 is 2.20 bits per heavy atom. The first-order chi connectivity index (χ1) is 8.74. The first-order valence-corrected chi connectivity index (χ1v) is 12.5. The van der Waals surface area contributed by atoms with E-state index in [1.54, 1.807) is 0 Å². The first kappa shape index (κ1) is 18.2. The fraction of sp³-hybridized carbons (Fsp3) is 0.867. The van der Waals surface area contributed by atoms with Crippen molar-refractivity contribution in [1.82, 2.24) is 0 Å². The molecule has 0 fully saturated rings. The van der Waals surface area contributed by atoms with E-state index < -0.39 is 15.7 Å².